The number of aryl methyl sites for hydroxylation is 1. The molecule has 1 aliphatic rings. The minimum absolute atomic E-state index is 0.607. The molecule has 106 valence electrons. The number of likely N-dealkylation sites (tertiary alicyclic amines) is 1. The Labute approximate surface area is 120 Å². The molecule has 1 fully saturated rings. The van der Waals surface area contributed by atoms with Gasteiger partial charge in [-0.2, -0.15) is 5.10 Å². The van der Waals surface area contributed by atoms with Gasteiger partial charge in [-0.05, 0) is 43.5 Å². The fourth-order valence-corrected chi connectivity index (χ4v) is 2.99. The SMILES string of the molecule is Nc1ccn(CCCN2CCC(c3ccccc3)C2)n1. The van der Waals surface area contributed by atoms with Crippen molar-refractivity contribution < 1.29 is 0 Å². The number of benzene rings is 1. The lowest BCUT2D eigenvalue weighted by atomic mass is 9.99. The maximum Gasteiger partial charge on any atom is 0.145 e. The molecule has 1 aromatic heterocycles. The van der Waals surface area contributed by atoms with E-state index in [1.165, 1.54) is 25.1 Å². The summed E-state index contributed by atoms with van der Waals surface area (Å²) in [6, 6.07) is 12.7. The molecule has 2 heterocycles. The molecule has 1 saturated heterocycles. The van der Waals surface area contributed by atoms with E-state index in [-0.39, 0.29) is 0 Å². The predicted octanol–water partition coefficient (Wildman–Crippen LogP) is 2.34. The third kappa shape index (κ3) is 3.20. The lowest BCUT2D eigenvalue weighted by molar-refractivity contribution is 0.318. The van der Waals surface area contributed by atoms with Gasteiger partial charge in [-0.15, -0.1) is 0 Å². The second kappa shape index (κ2) is 6.09. The summed E-state index contributed by atoms with van der Waals surface area (Å²) >= 11 is 0. The fourth-order valence-electron chi connectivity index (χ4n) is 2.99. The van der Waals surface area contributed by atoms with E-state index in [0.717, 1.165) is 19.5 Å². The Morgan fingerprint density at radius 1 is 1.15 bits per heavy atom. The fraction of sp³-hybridized carbons (Fsp3) is 0.438. The van der Waals surface area contributed by atoms with Crippen LogP contribution >= 0.6 is 0 Å². The standard InChI is InChI=1S/C16H22N4/c17-16-8-12-20(18-16)10-4-9-19-11-7-15(13-19)14-5-2-1-3-6-14/h1-3,5-6,8,12,15H,4,7,9-11,13H2,(H2,17,18). The Hall–Kier alpha value is -1.81. The van der Waals surface area contributed by atoms with Gasteiger partial charge >= 0.3 is 0 Å². The smallest absolute Gasteiger partial charge is 0.145 e. The average Bonchev–Trinajstić information content (AvgIpc) is 3.09. The van der Waals surface area contributed by atoms with Crippen LogP contribution in [0.15, 0.2) is 42.6 Å². The molecule has 1 aromatic carbocycles. The Balaban J connectivity index is 1.44. The average molecular weight is 270 g/mol. The minimum Gasteiger partial charge on any atom is -0.382 e. The molecule has 4 nitrogen and oxygen atoms in total. The largest absolute Gasteiger partial charge is 0.382 e. The number of hydrogen-bond donors (Lipinski definition) is 1. The summed E-state index contributed by atoms with van der Waals surface area (Å²) in [6.07, 6.45) is 4.35. The first-order valence-corrected chi connectivity index (χ1v) is 7.37. The zero-order valence-corrected chi connectivity index (χ0v) is 11.8. The molecular formula is C16H22N4. The van der Waals surface area contributed by atoms with Gasteiger partial charge in [0.2, 0.25) is 0 Å². The maximum atomic E-state index is 5.61. The first kappa shape index (κ1) is 13.2. The van der Waals surface area contributed by atoms with Crippen LogP contribution in [0.25, 0.3) is 0 Å². The molecule has 0 bridgehead atoms. The van der Waals surface area contributed by atoms with E-state index in [0.29, 0.717) is 11.7 Å². The summed E-state index contributed by atoms with van der Waals surface area (Å²) in [5.74, 6) is 1.31. The van der Waals surface area contributed by atoms with Crippen LogP contribution in [-0.2, 0) is 6.54 Å². The van der Waals surface area contributed by atoms with E-state index in [1.54, 1.807) is 0 Å². The van der Waals surface area contributed by atoms with Crippen molar-refractivity contribution in [3.63, 3.8) is 0 Å². The van der Waals surface area contributed by atoms with Crippen LogP contribution in [0, 0.1) is 0 Å². The lowest BCUT2D eigenvalue weighted by Crippen LogP contribution is -2.22. The van der Waals surface area contributed by atoms with E-state index >= 15 is 0 Å². The molecule has 0 radical (unpaired) electrons. The van der Waals surface area contributed by atoms with Gasteiger partial charge in [0.1, 0.15) is 5.82 Å². The first-order valence-electron chi connectivity index (χ1n) is 7.37. The monoisotopic (exact) mass is 270 g/mol. The van der Waals surface area contributed by atoms with Gasteiger partial charge in [0.25, 0.3) is 0 Å². The molecule has 0 amide bonds. The first-order chi connectivity index (χ1) is 9.81. The molecular weight excluding hydrogens is 248 g/mol. The zero-order valence-electron chi connectivity index (χ0n) is 11.8. The lowest BCUT2D eigenvalue weighted by Gasteiger charge is -2.16. The van der Waals surface area contributed by atoms with Crippen LogP contribution in [0.3, 0.4) is 0 Å². The van der Waals surface area contributed by atoms with Crippen LogP contribution in [0.2, 0.25) is 0 Å². The van der Waals surface area contributed by atoms with Crippen LogP contribution in [0.1, 0.15) is 24.3 Å². The highest BCUT2D eigenvalue weighted by atomic mass is 15.3. The summed E-state index contributed by atoms with van der Waals surface area (Å²) in [5, 5.41) is 4.21. The van der Waals surface area contributed by atoms with Gasteiger partial charge in [-0.3, -0.25) is 4.68 Å². The van der Waals surface area contributed by atoms with E-state index < -0.39 is 0 Å². The minimum atomic E-state index is 0.607. The number of hydrogen-bond acceptors (Lipinski definition) is 3. The topological polar surface area (TPSA) is 47.1 Å². The molecule has 2 aromatic rings. The van der Waals surface area contributed by atoms with Crippen LogP contribution < -0.4 is 5.73 Å². The summed E-state index contributed by atoms with van der Waals surface area (Å²) in [6.45, 7) is 4.48. The number of nitrogens with zero attached hydrogens (tertiary/aromatic N) is 3. The van der Waals surface area contributed by atoms with Crippen molar-refractivity contribution in [2.24, 2.45) is 0 Å². The maximum absolute atomic E-state index is 5.61. The third-order valence-corrected chi connectivity index (χ3v) is 4.07. The molecule has 0 spiro atoms. The molecule has 0 aliphatic carbocycles. The molecule has 20 heavy (non-hydrogen) atoms. The van der Waals surface area contributed by atoms with Gasteiger partial charge in [0.05, 0.1) is 0 Å². The third-order valence-electron chi connectivity index (χ3n) is 4.07. The zero-order chi connectivity index (χ0) is 13.8. The van der Waals surface area contributed by atoms with E-state index in [1.807, 2.05) is 16.9 Å². The van der Waals surface area contributed by atoms with E-state index in [9.17, 15) is 0 Å². The van der Waals surface area contributed by atoms with Crippen LogP contribution in [-0.4, -0.2) is 34.3 Å². The Bertz CT molecular complexity index is 534. The van der Waals surface area contributed by atoms with E-state index in [2.05, 4.69) is 40.3 Å². The summed E-state index contributed by atoms with van der Waals surface area (Å²) in [4.78, 5) is 2.56. The Morgan fingerprint density at radius 2 is 2.00 bits per heavy atom. The Morgan fingerprint density at radius 3 is 2.75 bits per heavy atom. The van der Waals surface area contributed by atoms with Crippen molar-refractivity contribution in [3.05, 3.63) is 48.2 Å². The van der Waals surface area contributed by atoms with Gasteiger partial charge < -0.3 is 10.6 Å². The number of aromatic nitrogens is 2. The highest BCUT2D eigenvalue weighted by Gasteiger charge is 2.22. The summed E-state index contributed by atoms with van der Waals surface area (Å²) in [7, 11) is 0. The van der Waals surface area contributed by atoms with Crippen LogP contribution in [0.5, 0.6) is 0 Å². The second-order valence-corrected chi connectivity index (χ2v) is 5.55. The number of rotatable bonds is 5. The molecule has 3 rings (SSSR count). The van der Waals surface area contributed by atoms with Crippen molar-refractivity contribution in [2.75, 3.05) is 25.4 Å². The Kier molecular flexibility index (Phi) is 4.02. The highest BCUT2D eigenvalue weighted by Crippen LogP contribution is 2.26. The van der Waals surface area contributed by atoms with Gasteiger partial charge in [-0.25, -0.2) is 0 Å². The van der Waals surface area contributed by atoms with Crippen LogP contribution in [0.4, 0.5) is 5.82 Å². The molecule has 2 N–H and O–H groups in total. The van der Waals surface area contributed by atoms with Gasteiger partial charge in [0.15, 0.2) is 0 Å². The molecule has 0 saturated carbocycles. The van der Waals surface area contributed by atoms with Gasteiger partial charge in [-0.1, -0.05) is 30.3 Å². The van der Waals surface area contributed by atoms with Crippen molar-refractivity contribution in [1.29, 1.82) is 0 Å². The number of nitrogens with two attached hydrogens (primary N) is 1. The molecule has 1 aliphatic heterocycles. The van der Waals surface area contributed by atoms with Crippen molar-refractivity contribution in [2.45, 2.75) is 25.3 Å². The van der Waals surface area contributed by atoms with E-state index in [4.69, 9.17) is 5.73 Å². The predicted molar refractivity (Wildman–Crippen MR) is 81.5 cm³/mol. The number of anilines is 1. The molecule has 1 atom stereocenters. The van der Waals surface area contributed by atoms with Crippen molar-refractivity contribution >= 4 is 5.82 Å². The quantitative estimate of drug-likeness (QED) is 0.907. The molecule has 1 unspecified atom stereocenters. The molecule has 4 heteroatoms. The second-order valence-electron chi connectivity index (χ2n) is 5.55. The van der Waals surface area contributed by atoms with Gasteiger partial charge in [0, 0.05) is 19.3 Å². The summed E-state index contributed by atoms with van der Waals surface area (Å²) < 4.78 is 1.93. The number of nitrogen functional groups attached to an aromatic ring is 1. The normalized spacial score (nSPS) is 19.5. The van der Waals surface area contributed by atoms with Crippen molar-refractivity contribution in [3.8, 4) is 0 Å². The highest BCUT2D eigenvalue weighted by molar-refractivity contribution is 5.23. The summed E-state index contributed by atoms with van der Waals surface area (Å²) in [5.41, 5.74) is 7.09. The van der Waals surface area contributed by atoms with Crippen molar-refractivity contribution in [1.82, 2.24) is 14.7 Å².